The Labute approximate surface area is 153 Å². The SMILES string of the molecule is CCOC(=O)c1cn(-c2ccc(Cl)cc2)nc1-c1ccccc1[N+](=O)[O-]. The van der Waals surface area contributed by atoms with E-state index in [4.69, 9.17) is 16.3 Å². The number of carbonyl (C=O) groups excluding carboxylic acids is 1. The Morgan fingerprint density at radius 3 is 2.58 bits per heavy atom. The summed E-state index contributed by atoms with van der Waals surface area (Å²) in [5.41, 5.74) is 1.10. The fraction of sp³-hybridized carbons (Fsp3) is 0.111. The van der Waals surface area contributed by atoms with Gasteiger partial charge < -0.3 is 4.74 Å². The van der Waals surface area contributed by atoms with Crippen LogP contribution < -0.4 is 0 Å². The van der Waals surface area contributed by atoms with Crippen molar-refractivity contribution in [3.05, 3.63) is 75.4 Å². The van der Waals surface area contributed by atoms with E-state index in [-0.39, 0.29) is 29.1 Å². The van der Waals surface area contributed by atoms with Crippen molar-refractivity contribution in [2.24, 2.45) is 0 Å². The zero-order valence-corrected chi connectivity index (χ0v) is 14.5. The Balaban J connectivity index is 2.19. The molecule has 0 unspecified atom stereocenters. The number of ether oxygens (including phenoxy) is 1. The molecule has 0 radical (unpaired) electrons. The van der Waals surface area contributed by atoms with Crippen LogP contribution in [0.1, 0.15) is 17.3 Å². The third-order valence-electron chi connectivity index (χ3n) is 3.66. The van der Waals surface area contributed by atoms with Gasteiger partial charge in [0.1, 0.15) is 11.3 Å². The number of nitrogens with zero attached hydrogens (tertiary/aromatic N) is 3. The number of esters is 1. The standard InChI is InChI=1S/C18H14ClN3O4/c1-2-26-18(23)15-11-21(13-9-7-12(19)8-10-13)20-17(15)14-5-3-4-6-16(14)22(24)25/h3-11H,2H2,1H3. The average Bonchev–Trinajstić information content (AvgIpc) is 3.08. The summed E-state index contributed by atoms with van der Waals surface area (Å²) >= 11 is 5.90. The molecule has 8 heteroatoms. The summed E-state index contributed by atoms with van der Waals surface area (Å²) < 4.78 is 6.54. The van der Waals surface area contributed by atoms with Crippen LogP contribution in [0.5, 0.6) is 0 Å². The predicted molar refractivity (Wildman–Crippen MR) is 96.6 cm³/mol. The second-order valence-corrected chi connectivity index (χ2v) is 5.74. The van der Waals surface area contributed by atoms with Gasteiger partial charge in [-0.15, -0.1) is 0 Å². The maximum Gasteiger partial charge on any atom is 0.342 e. The quantitative estimate of drug-likeness (QED) is 0.379. The maximum atomic E-state index is 12.4. The summed E-state index contributed by atoms with van der Waals surface area (Å²) in [5.74, 6) is -0.596. The first kappa shape index (κ1) is 17.6. The van der Waals surface area contributed by atoms with E-state index >= 15 is 0 Å². The monoisotopic (exact) mass is 371 g/mol. The molecule has 0 aliphatic carbocycles. The first-order valence-electron chi connectivity index (χ1n) is 7.77. The highest BCUT2D eigenvalue weighted by Gasteiger charge is 2.25. The van der Waals surface area contributed by atoms with Gasteiger partial charge in [0.05, 0.1) is 22.8 Å². The molecule has 0 amide bonds. The molecule has 1 heterocycles. The lowest BCUT2D eigenvalue weighted by Crippen LogP contribution is -2.05. The first-order valence-corrected chi connectivity index (χ1v) is 8.15. The normalized spacial score (nSPS) is 10.5. The van der Waals surface area contributed by atoms with Crippen LogP contribution in [0.25, 0.3) is 16.9 Å². The van der Waals surface area contributed by atoms with Crippen LogP contribution in [0.2, 0.25) is 5.02 Å². The molecule has 2 aromatic carbocycles. The Hall–Kier alpha value is -3.19. The molecule has 0 aliphatic heterocycles. The maximum absolute atomic E-state index is 12.4. The number of para-hydroxylation sites is 1. The second-order valence-electron chi connectivity index (χ2n) is 5.31. The Kier molecular flexibility index (Phi) is 4.99. The molecular weight excluding hydrogens is 358 g/mol. The molecular formula is C18H14ClN3O4. The minimum Gasteiger partial charge on any atom is -0.462 e. The zero-order valence-electron chi connectivity index (χ0n) is 13.8. The smallest absolute Gasteiger partial charge is 0.342 e. The summed E-state index contributed by atoms with van der Waals surface area (Å²) in [7, 11) is 0. The average molecular weight is 372 g/mol. The van der Waals surface area contributed by atoms with Crippen molar-refractivity contribution < 1.29 is 14.5 Å². The lowest BCUT2D eigenvalue weighted by molar-refractivity contribution is -0.384. The third kappa shape index (κ3) is 3.43. The highest BCUT2D eigenvalue weighted by molar-refractivity contribution is 6.30. The van der Waals surface area contributed by atoms with E-state index in [1.54, 1.807) is 49.4 Å². The molecule has 1 aromatic heterocycles. The van der Waals surface area contributed by atoms with E-state index in [0.29, 0.717) is 10.7 Å². The van der Waals surface area contributed by atoms with E-state index < -0.39 is 10.9 Å². The predicted octanol–water partition coefficient (Wildman–Crippen LogP) is 4.28. The Morgan fingerprint density at radius 2 is 1.92 bits per heavy atom. The van der Waals surface area contributed by atoms with Crippen molar-refractivity contribution in [1.82, 2.24) is 9.78 Å². The van der Waals surface area contributed by atoms with E-state index in [1.807, 2.05) is 0 Å². The topological polar surface area (TPSA) is 87.3 Å². The lowest BCUT2D eigenvalue weighted by Gasteiger charge is -2.03. The van der Waals surface area contributed by atoms with Crippen LogP contribution in [0, 0.1) is 10.1 Å². The van der Waals surface area contributed by atoms with Gasteiger partial charge in [0.15, 0.2) is 0 Å². The Morgan fingerprint density at radius 1 is 1.23 bits per heavy atom. The molecule has 0 saturated heterocycles. The number of hydrogen-bond acceptors (Lipinski definition) is 5. The van der Waals surface area contributed by atoms with Gasteiger partial charge in [0.25, 0.3) is 5.69 Å². The van der Waals surface area contributed by atoms with Crippen molar-refractivity contribution in [1.29, 1.82) is 0 Å². The first-order chi connectivity index (χ1) is 12.5. The summed E-state index contributed by atoms with van der Waals surface area (Å²) in [6.45, 7) is 1.87. The van der Waals surface area contributed by atoms with Crippen LogP contribution in [-0.2, 0) is 4.74 Å². The number of rotatable bonds is 5. The Bertz CT molecular complexity index is 967. The number of nitro groups is 1. The number of benzene rings is 2. The van der Waals surface area contributed by atoms with Gasteiger partial charge in [-0.1, -0.05) is 23.7 Å². The van der Waals surface area contributed by atoms with Gasteiger partial charge in [-0.25, -0.2) is 9.48 Å². The summed E-state index contributed by atoms with van der Waals surface area (Å²) in [5, 5.41) is 16.3. The molecule has 132 valence electrons. The van der Waals surface area contributed by atoms with Crippen LogP contribution in [-0.4, -0.2) is 27.3 Å². The van der Waals surface area contributed by atoms with Gasteiger partial charge in [-0.3, -0.25) is 10.1 Å². The molecule has 0 saturated carbocycles. The molecule has 0 N–H and O–H groups in total. The minimum absolute atomic E-state index is 0.139. The van der Waals surface area contributed by atoms with E-state index in [1.165, 1.54) is 16.9 Å². The third-order valence-corrected chi connectivity index (χ3v) is 3.91. The molecule has 0 bridgehead atoms. The van der Waals surface area contributed by atoms with Gasteiger partial charge in [-0.2, -0.15) is 5.10 Å². The molecule has 0 aliphatic rings. The zero-order chi connectivity index (χ0) is 18.7. The number of nitro benzene ring substituents is 1. The molecule has 3 rings (SSSR count). The van der Waals surface area contributed by atoms with Crippen molar-refractivity contribution >= 4 is 23.3 Å². The van der Waals surface area contributed by atoms with E-state index in [0.717, 1.165) is 0 Å². The lowest BCUT2D eigenvalue weighted by atomic mass is 10.1. The van der Waals surface area contributed by atoms with Gasteiger partial charge in [0.2, 0.25) is 0 Å². The van der Waals surface area contributed by atoms with Crippen LogP contribution >= 0.6 is 11.6 Å². The molecule has 7 nitrogen and oxygen atoms in total. The van der Waals surface area contributed by atoms with Crippen molar-refractivity contribution in [2.75, 3.05) is 6.61 Å². The fourth-order valence-corrected chi connectivity index (χ4v) is 2.62. The number of halogens is 1. The molecule has 0 fully saturated rings. The summed E-state index contributed by atoms with van der Waals surface area (Å²) in [6.07, 6.45) is 1.49. The molecule has 3 aromatic rings. The second kappa shape index (κ2) is 7.37. The van der Waals surface area contributed by atoms with Gasteiger partial charge >= 0.3 is 5.97 Å². The molecule has 0 atom stereocenters. The van der Waals surface area contributed by atoms with E-state index in [9.17, 15) is 14.9 Å². The number of aromatic nitrogens is 2. The highest BCUT2D eigenvalue weighted by atomic mass is 35.5. The number of hydrogen-bond donors (Lipinski definition) is 0. The van der Waals surface area contributed by atoms with Crippen molar-refractivity contribution in [3.63, 3.8) is 0 Å². The number of carbonyl (C=O) groups is 1. The largest absolute Gasteiger partial charge is 0.462 e. The highest BCUT2D eigenvalue weighted by Crippen LogP contribution is 2.32. The van der Waals surface area contributed by atoms with Crippen molar-refractivity contribution in [3.8, 4) is 16.9 Å². The van der Waals surface area contributed by atoms with Crippen molar-refractivity contribution in [2.45, 2.75) is 6.92 Å². The molecule has 26 heavy (non-hydrogen) atoms. The van der Waals surface area contributed by atoms with Crippen LogP contribution in [0.15, 0.2) is 54.7 Å². The summed E-state index contributed by atoms with van der Waals surface area (Å²) in [4.78, 5) is 23.2. The fourth-order valence-electron chi connectivity index (χ4n) is 2.49. The van der Waals surface area contributed by atoms with Crippen LogP contribution in [0.4, 0.5) is 5.69 Å². The van der Waals surface area contributed by atoms with Gasteiger partial charge in [0, 0.05) is 17.3 Å². The van der Waals surface area contributed by atoms with E-state index in [2.05, 4.69) is 5.10 Å². The summed E-state index contributed by atoms with van der Waals surface area (Å²) in [6, 6.07) is 13.0. The molecule has 0 spiro atoms. The minimum atomic E-state index is -0.596. The van der Waals surface area contributed by atoms with Gasteiger partial charge in [-0.05, 0) is 37.3 Å². The van der Waals surface area contributed by atoms with Crippen LogP contribution in [0.3, 0.4) is 0 Å².